The lowest BCUT2D eigenvalue weighted by atomic mass is 9.98. The monoisotopic (exact) mass is 477 g/mol. The van der Waals surface area contributed by atoms with Crippen molar-refractivity contribution in [3.05, 3.63) is 35.4 Å². The fourth-order valence-corrected chi connectivity index (χ4v) is 3.38. The molecule has 2 atom stereocenters. The molecule has 192 valence electrons. The Morgan fingerprint density at radius 3 is 2.06 bits per heavy atom. The average molecular weight is 478 g/mol. The van der Waals surface area contributed by atoms with Gasteiger partial charge in [-0.2, -0.15) is 0 Å². The third kappa shape index (κ3) is 9.71. The number of aryl methyl sites for hydroxylation is 1. The largest absolute Gasteiger partial charge is 0.444 e. The first-order valence-corrected chi connectivity index (χ1v) is 12.0. The third-order valence-electron chi connectivity index (χ3n) is 4.97. The lowest BCUT2D eigenvalue weighted by molar-refractivity contribution is -0.143. The second-order valence-electron chi connectivity index (χ2n) is 10.5. The highest BCUT2D eigenvalue weighted by Gasteiger charge is 2.36. The second-order valence-corrected chi connectivity index (χ2v) is 10.5. The average Bonchev–Trinajstić information content (AvgIpc) is 2.72. The van der Waals surface area contributed by atoms with Crippen molar-refractivity contribution >= 4 is 17.9 Å². The van der Waals surface area contributed by atoms with E-state index < -0.39 is 41.8 Å². The second kappa shape index (κ2) is 12.7. The van der Waals surface area contributed by atoms with Crippen molar-refractivity contribution in [3.8, 4) is 0 Å². The fraction of sp³-hybridized carbons (Fsp3) is 0.654. The van der Waals surface area contributed by atoms with Crippen molar-refractivity contribution in [2.24, 2.45) is 0 Å². The zero-order valence-corrected chi connectivity index (χ0v) is 22.0. The van der Waals surface area contributed by atoms with Crippen LogP contribution in [0, 0.1) is 0 Å². The molecule has 1 aromatic carbocycles. The Hall–Kier alpha value is -2.61. The summed E-state index contributed by atoms with van der Waals surface area (Å²) in [7, 11) is 0. The van der Waals surface area contributed by atoms with Crippen LogP contribution in [0.1, 0.15) is 85.4 Å². The fourth-order valence-electron chi connectivity index (χ4n) is 3.38. The summed E-state index contributed by atoms with van der Waals surface area (Å²) in [6, 6.07) is 5.43. The van der Waals surface area contributed by atoms with Crippen LogP contribution in [0.25, 0.3) is 0 Å². The molecule has 3 N–H and O–H groups in total. The van der Waals surface area contributed by atoms with Gasteiger partial charge in [0.25, 0.3) is 0 Å². The Bertz CT molecular complexity index is 809. The summed E-state index contributed by atoms with van der Waals surface area (Å²) in [6.45, 7) is 14.5. The minimum absolute atomic E-state index is 0.291. The number of alkyl carbamates (subject to hydrolysis) is 1. The Labute approximate surface area is 204 Å². The molecule has 2 unspecified atom stereocenters. The molecule has 1 rings (SSSR count). The van der Waals surface area contributed by atoms with Crippen LogP contribution in [0.5, 0.6) is 0 Å². The first-order valence-electron chi connectivity index (χ1n) is 12.0. The number of aliphatic hydroxyl groups excluding tert-OH is 1. The van der Waals surface area contributed by atoms with Gasteiger partial charge in [-0.05, 0) is 65.5 Å². The van der Waals surface area contributed by atoms with Gasteiger partial charge in [-0.15, -0.1) is 0 Å². The number of carbonyl (C=O) groups excluding carboxylic acids is 3. The number of ether oxygens (including phenoxy) is 1. The maximum atomic E-state index is 13.6. The molecule has 0 saturated heterocycles. The number of unbranched alkanes of at least 4 members (excludes halogenated alkanes) is 1. The first kappa shape index (κ1) is 29.4. The number of benzene rings is 1. The number of nitrogens with zero attached hydrogens (tertiary/aromatic N) is 1. The number of hydrogen-bond donors (Lipinski definition) is 3. The molecule has 0 saturated carbocycles. The summed E-state index contributed by atoms with van der Waals surface area (Å²) < 4.78 is 5.25. The van der Waals surface area contributed by atoms with Crippen LogP contribution in [0.4, 0.5) is 4.79 Å². The highest BCUT2D eigenvalue weighted by molar-refractivity contribution is 5.92. The molecule has 0 heterocycles. The van der Waals surface area contributed by atoms with Crippen molar-refractivity contribution in [1.82, 2.24) is 15.5 Å². The van der Waals surface area contributed by atoms with Crippen LogP contribution in [0.3, 0.4) is 0 Å². The zero-order chi connectivity index (χ0) is 26.1. The number of hydrogen-bond acceptors (Lipinski definition) is 5. The van der Waals surface area contributed by atoms with Crippen molar-refractivity contribution in [1.29, 1.82) is 0 Å². The molecule has 0 fully saturated rings. The number of nitrogens with one attached hydrogen (secondary N) is 2. The van der Waals surface area contributed by atoms with Gasteiger partial charge in [0.05, 0.1) is 6.61 Å². The van der Waals surface area contributed by atoms with E-state index >= 15 is 0 Å². The molecule has 0 radical (unpaired) electrons. The van der Waals surface area contributed by atoms with E-state index in [0.717, 1.165) is 18.4 Å². The van der Waals surface area contributed by atoms with E-state index in [1.54, 1.807) is 20.8 Å². The number of amides is 3. The molecule has 0 spiro atoms. The smallest absolute Gasteiger partial charge is 0.408 e. The van der Waals surface area contributed by atoms with E-state index in [-0.39, 0.29) is 5.91 Å². The van der Waals surface area contributed by atoms with Crippen LogP contribution >= 0.6 is 0 Å². The number of aliphatic hydroxyl groups is 1. The minimum atomic E-state index is -1.24. The van der Waals surface area contributed by atoms with Gasteiger partial charge in [0.15, 0.2) is 0 Å². The van der Waals surface area contributed by atoms with Crippen molar-refractivity contribution in [2.45, 2.75) is 97.9 Å². The molecule has 34 heavy (non-hydrogen) atoms. The van der Waals surface area contributed by atoms with Crippen LogP contribution in [-0.4, -0.2) is 58.2 Å². The van der Waals surface area contributed by atoms with E-state index in [1.807, 2.05) is 58.9 Å². The van der Waals surface area contributed by atoms with Gasteiger partial charge in [0.1, 0.15) is 17.7 Å². The Balaban J connectivity index is 3.40. The van der Waals surface area contributed by atoms with Gasteiger partial charge in [0.2, 0.25) is 11.8 Å². The zero-order valence-electron chi connectivity index (χ0n) is 22.0. The number of carbonyl (C=O) groups is 3. The van der Waals surface area contributed by atoms with Crippen molar-refractivity contribution in [3.63, 3.8) is 0 Å². The van der Waals surface area contributed by atoms with Gasteiger partial charge in [-0.1, -0.05) is 44.5 Å². The Kier molecular flexibility index (Phi) is 11.0. The molecular formula is C26H43N3O5. The molecule has 0 aromatic heterocycles. The quantitative estimate of drug-likeness (QED) is 0.476. The van der Waals surface area contributed by atoms with E-state index in [2.05, 4.69) is 10.6 Å². The molecule has 3 amide bonds. The highest BCUT2D eigenvalue weighted by atomic mass is 16.6. The lowest BCUT2D eigenvalue weighted by Gasteiger charge is -2.35. The van der Waals surface area contributed by atoms with Crippen LogP contribution < -0.4 is 10.6 Å². The minimum Gasteiger partial charge on any atom is -0.444 e. The third-order valence-corrected chi connectivity index (χ3v) is 4.97. The molecule has 0 aliphatic rings. The van der Waals surface area contributed by atoms with Crippen LogP contribution in [0.15, 0.2) is 24.3 Å². The van der Waals surface area contributed by atoms with Crippen LogP contribution in [-0.2, 0) is 20.7 Å². The van der Waals surface area contributed by atoms with Gasteiger partial charge in [-0.25, -0.2) is 4.79 Å². The predicted octanol–water partition coefficient (Wildman–Crippen LogP) is 3.72. The van der Waals surface area contributed by atoms with E-state index in [0.29, 0.717) is 18.5 Å². The maximum absolute atomic E-state index is 13.6. The van der Waals surface area contributed by atoms with Gasteiger partial charge < -0.3 is 25.4 Å². The summed E-state index contributed by atoms with van der Waals surface area (Å²) in [5, 5.41) is 15.4. The molecule has 0 aliphatic heterocycles. The Morgan fingerprint density at radius 2 is 1.62 bits per heavy atom. The summed E-state index contributed by atoms with van der Waals surface area (Å²) in [6.07, 6.45) is 1.50. The SMILES string of the molecule is CCCCN(C(=O)C(CO)NC(=O)OC(C)(C)C)C(C(=O)NC(C)(C)C)c1ccc(CC)cc1. The standard InChI is InChI=1S/C26H43N3O5/c1-9-11-16-29(23(32)20(17-30)27-24(33)34-26(6,7)8)21(22(31)28-25(3,4)5)19-14-12-18(10-2)13-15-19/h12-15,20-21,30H,9-11,16-17H2,1-8H3,(H,27,33)(H,28,31). The van der Waals surface area contributed by atoms with E-state index in [4.69, 9.17) is 4.74 Å². The van der Waals surface area contributed by atoms with Gasteiger partial charge in [-0.3, -0.25) is 9.59 Å². The van der Waals surface area contributed by atoms with Crippen molar-refractivity contribution in [2.75, 3.05) is 13.2 Å². The summed E-state index contributed by atoms with van der Waals surface area (Å²) >= 11 is 0. The van der Waals surface area contributed by atoms with Crippen molar-refractivity contribution < 1.29 is 24.2 Å². The maximum Gasteiger partial charge on any atom is 0.408 e. The molecule has 8 heteroatoms. The topological polar surface area (TPSA) is 108 Å². The van der Waals surface area contributed by atoms with Gasteiger partial charge >= 0.3 is 6.09 Å². The lowest BCUT2D eigenvalue weighted by Crippen LogP contribution is -2.55. The summed E-state index contributed by atoms with van der Waals surface area (Å²) in [4.78, 5) is 40.8. The Morgan fingerprint density at radius 1 is 1.03 bits per heavy atom. The summed E-state index contributed by atoms with van der Waals surface area (Å²) in [5.74, 6) is -0.870. The first-order chi connectivity index (χ1) is 15.7. The molecule has 1 aromatic rings. The van der Waals surface area contributed by atoms with Gasteiger partial charge in [0, 0.05) is 12.1 Å². The normalized spacial score (nSPS) is 13.6. The number of rotatable bonds is 10. The predicted molar refractivity (Wildman–Crippen MR) is 133 cm³/mol. The molecule has 8 nitrogen and oxygen atoms in total. The highest BCUT2D eigenvalue weighted by Crippen LogP contribution is 2.25. The summed E-state index contributed by atoms with van der Waals surface area (Å²) in [5.41, 5.74) is 0.511. The van der Waals surface area contributed by atoms with E-state index in [1.165, 1.54) is 4.90 Å². The van der Waals surface area contributed by atoms with Crippen LogP contribution in [0.2, 0.25) is 0 Å². The van der Waals surface area contributed by atoms with E-state index in [9.17, 15) is 19.5 Å². The molecule has 0 bridgehead atoms. The molecule has 0 aliphatic carbocycles. The molecular weight excluding hydrogens is 434 g/mol.